The molecular weight excluding hydrogens is 741 g/mol. The summed E-state index contributed by atoms with van der Waals surface area (Å²) in [5, 5.41) is 7.17. The van der Waals surface area contributed by atoms with Crippen molar-refractivity contribution < 1.29 is 4.42 Å². The minimum atomic E-state index is 0.853. The lowest BCUT2D eigenvalue weighted by atomic mass is 9.97. The van der Waals surface area contributed by atoms with Crippen LogP contribution < -0.4 is 4.90 Å². The number of para-hydroxylation sites is 3. The third-order valence-corrected chi connectivity index (χ3v) is 12.1. The van der Waals surface area contributed by atoms with E-state index in [9.17, 15) is 0 Å². The fourth-order valence-electron chi connectivity index (χ4n) is 9.28. The Morgan fingerprint density at radius 1 is 0.344 bits per heavy atom. The Kier molecular flexibility index (Phi) is 8.17. The quantitative estimate of drug-likeness (QED) is 0.161. The van der Waals surface area contributed by atoms with E-state index in [0.29, 0.717) is 0 Å². The van der Waals surface area contributed by atoms with Gasteiger partial charge in [0.05, 0.1) is 16.7 Å². The summed E-state index contributed by atoms with van der Waals surface area (Å²) in [4.78, 5) is 2.36. The van der Waals surface area contributed by atoms with E-state index in [1.54, 1.807) is 0 Å². The summed E-state index contributed by atoms with van der Waals surface area (Å²) >= 11 is 0. The van der Waals surface area contributed by atoms with Crippen molar-refractivity contribution in [2.75, 3.05) is 4.90 Å². The molecule has 0 aliphatic heterocycles. The van der Waals surface area contributed by atoms with Crippen LogP contribution in [-0.4, -0.2) is 4.57 Å². The topological polar surface area (TPSA) is 21.3 Å². The number of benzene rings is 10. The van der Waals surface area contributed by atoms with Crippen molar-refractivity contribution in [3.05, 3.63) is 231 Å². The number of aromatic nitrogens is 1. The molecule has 0 bridgehead atoms. The van der Waals surface area contributed by atoms with Crippen LogP contribution in [0.5, 0.6) is 0 Å². The second-order valence-electron chi connectivity index (χ2n) is 15.7. The molecule has 0 unspecified atom stereocenters. The Morgan fingerprint density at radius 3 is 1.67 bits per heavy atom. The molecule has 0 radical (unpaired) electrons. The van der Waals surface area contributed by atoms with E-state index in [4.69, 9.17) is 4.42 Å². The third-order valence-electron chi connectivity index (χ3n) is 12.1. The lowest BCUT2D eigenvalue weighted by Crippen LogP contribution is -2.10. The second-order valence-corrected chi connectivity index (χ2v) is 15.7. The number of hydrogen-bond donors (Lipinski definition) is 0. The Bertz CT molecular complexity index is 3510. The summed E-state index contributed by atoms with van der Waals surface area (Å²) in [5.74, 6) is 0. The first-order valence-corrected chi connectivity index (χ1v) is 20.8. The number of nitrogens with zero attached hydrogens (tertiary/aromatic N) is 2. The minimum Gasteiger partial charge on any atom is -0.454 e. The van der Waals surface area contributed by atoms with Crippen LogP contribution in [0.25, 0.3) is 93.6 Å². The van der Waals surface area contributed by atoms with Crippen LogP contribution in [-0.2, 0) is 0 Å². The largest absolute Gasteiger partial charge is 0.454 e. The van der Waals surface area contributed by atoms with Crippen molar-refractivity contribution in [3.63, 3.8) is 0 Å². The first kappa shape index (κ1) is 34.9. The molecule has 12 rings (SSSR count). The highest BCUT2D eigenvalue weighted by Gasteiger charge is 2.22. The van der Waals surface area contributed by atoms with Crippen molar-refractivity contribution in [1.82, 2.24) is 4.57 Å². The minimum absolute atomic E-state index is 0.853. The molecule has 0 aliphatic rings. The molecular formula is C58H38N2O. The lowest BCUT2D eigenvalue weighted by molar-refractivity contribution is 0.669. The van der Waals surface area contributed by atoms with Crippen LogP contribution in [0.4, 0.5) is 17.1 Å². The predicted octanol–water partition coefficient (Wildman–Crippen LogP) is 16.3. The van der Waals surface area contributed by atoms with Gasteiger partial charge in [0.1, 0.15) is 5.58 Å². The van der Waals surface area contributed by atoms with Gasteiger partial charge >= 0.3 is 0 Å². The van der Waals surface area contributed by atoms with Crippen molar-refractivity contribution in [1.29, 1.82) is 0 Å². The summed E-state index contributed by atoms with van der Waals surface area (Å²) in [5.41, 5.74) is 15.3. The summed E-state index contributed by atoms with van der Waals surface area (Å²) in [6, 6.07) is 82.9. The van der Waals surface area contributed by atoms with Crippen LogP contribution in [0, 0.1) is 0 Å². The molecule has 3 nitrogen and oxygen atoms in total. The molecule has 0 saturated carbocycles. The van der Waals surface area contributed by atoms with Crippen LogP contribution >= 0.6 is 0 Å². The van der Waals surface area contributed by atoms with Gasteiger partial charge in [-0.15, -0.1) is 0 Å². The Hall–Kier alpha value is -8.14. The molecule has 0 spiro atoms. The standard InChI is InChI=1S/C58H38N2O/c1-4-15-39(16-5-1)44-35-45(40-17-6-2-7-18-40)37-48(36-44)59(54-25-14-24-53-51-23-12-13-26-56(51)61-58(53)54)47-31-27-41(28-32-47)43-30-33-50-52-34-29-42-19-10-11-22-49(42)57(52)60(55(50)38-43)46-20-8-3-9-21-46/h1-38H. The molecule has 61 heavy (non-hydrogen) atoms. The van der Waals surface area contributed by atoms with Gasteiger partial charge in [-0.25, -0.2) is 0 Å². The summed E-state index contributed by atoms with van der Waals surface area (Å²) in [6.45, 7) is 0. The van der Waals surface area contributed by atoms with Gasteiger partial charge in [0.2, 0.25) is 0 Å². The summed E-state index contributed by atoms with van der Waals surface area (Å²) in [6.07, 6.45) is 0. The van der Waals surface area contributed by atoms with Gasteiger partial charge in [-0.05, 0) is 99.4 Å². The number of furan rings is 1. The smallest absolute Gasteiger partial charge is 0.159 e. The van der Waals surface area contributed by atoms with E-state index < -0.39 is 0 Å². The van der Waals surface area contributed by atoms with Crippen molar-refractivity contribution >= 4 is 71.6 Å². The fourth-order valence-corrected chi connectivity index (χ4v) is 9.28. The zero-order valence-corrected chi connectivity index (χ0v) is 33.2. The SMILES string of the molecule is c1ccc(-c2cc(-c3ccccc3)cc(N(c3ccc(-c4ccc5c6ccc7ccccc7c6n(-c6ccccc6)c5c4)cc3)c3cccc4c3oc3ccccc34)c2)cc1. The van der Waals surface area contributed by atoms with Crippen LogP contribution in [0.3, 0.4) is 0 Å². The van der Waals surface area contributed by atoms with Crippen LogP contribution in [0.2, 0.25) is 0 Å². The normalized spacial score (nSPS) is 11.6. The zero-order valence-electron chi connectivity index (χ0n) is 33.2. The Labute approximate surface area is 353 Å². The Morgan fingerprint density at radius 2 is 0.934 bits per heavy atom. The monoisotopic (exact) mass is 778 g/mol. The average Bonchev–Trinajstić information content (AvgIpc) is 3.89. The summed E-state index contributed by atoms with van der Waals surface area (Å²) < 4.78 is 9.16. The predicted molar refractivity (Wildman–Crippen MR) is 257 cm³/mol. The van der Waals surface area contributed by atoms with Crippen molar-refractivity contribution in [3.8, 4) is 39.1 Å². The highest BCUT2D eigenvalue weighted by atomic mass is 16.3. The maximum atomic E-state index is 6.73. The van der Waals surface area contributed by atoms with E-state index in [2.05, 4.69) is 234 Å². The number of anilines is 3. The molecule has 0 aliphatic carbocycles. The molecule has 286 valence electrons. The van der Waals surface area contributed by atoms with Gasteiger partial charge < -0.3 is 13.9 Å². The highest BCUT2D eigenvalue weighted by molar-refractivity contribution is 6.19. The van der Waals surface area contributed by atoms with Crippen molar-refractivity contribution in [2.24, 2.45) is 0 Å². The lowest BCUT2D eigenvalue weighted by Gasteiger charge is -2.27. The number of rotatable bonds is 7. The molecule has 0 saturated heterocycles. The molecule has 2 aromatic heterocycles. The molecule has 10 aromatic carbocycles. The number of fused-ring (bicyclic) bond motifs is 8. The van der Waals surface area contributed by atoms with E-state index in [-0.39, 0.29) is 0 Å². The number of hydrogen-bond acceptors (Lipinski definition) is 2. The second kappa shape index (κ2) is 14.3. The maximum Gasteiger partial charge on any atom is 0.159 e. The summed E-state index contributed by atoms with van der Waals surface area (Å²) in [7, 11) is 0. The highest BCUT2D eigenvalue weighted by Crippen LogP contribution is 2.45. The van der Waals surface area contributed by atoms with Gasteiger partial charge in [0, 0.05) is 44.0 Å². The molecule has 3 heteroatoms. The molecule has 0 atom stereocenters. The van der Waals surface area contributed by atoms with E-state index in [0.717, 1.165) is 78.1 Å². The average molecular weight is 779 g/mol. The molecule has 2 heterocycles. The molecule has 12 aromatic rings. The Balaban J connectivity index is 1.05. The first-order valence-electron chi connectivity index (χ1n) is 20.8. The van der Waals surface area contributed by atoms with E-state index in [1.807, 2.05) is 6.07 Å². The van der Waals surface area contributed by atoms with Gasteiger partial charge in [0.25, 0.3) is 0 Å². The molecule has 0 N–H and O–H groups in total. The van der Waals surface area contributed by atoms with Crippen molar-refractivity contribution in [2.45, 2.75) is 0 Å². The maximum absolute atomic E-state index is 6.73. The molecule has 0 fully saturated rings. The van der Waals surface area contributed by atoms with Crippen LogP contribution in [0.1, 0.15) is 0 Å². The first-order chi connectivity index (χ1) is 30.2. The zero-order chi connectivity index (χ0) is 40.3. The van der Waals surface area contributed by atoms with E-state index in [1.165, 1.54) is 32.6 Å². The van der Waals surface area contributed by atoms with E-state index >= 15 is 0 Å². The van der Waals surface area contributed by atoms with Gasteiger partial charge in [-0.3, -0.25) is 0 Å². The van der Waals surface area contributed by atoms with Gasteiger partial charge in [-0.1, -0.05) is 170 Å². The van der Waals surface area contributed by atoms with Gasteiger partial charge in [0.15, 0.2) is 5.58 Å². The third kappa shape index (κ3) is 5.90. The van der Waals surface area contributed by atoms with Gasteiger partial charge in [-0.2, -0.15) is 0 Å². The fraction of sp³-hybridized carbons (Fsp3) is 0. The van der Waals surface area contributed by atoms with Crippen LogP contribution in [0.15, 0.2) is 235 Å². The molecule has 0 amide bonds.